The maximum Gasteiger partial charge on any atom is 0.0631 e. The average molecular weight is 318 g/mol. The molecule has 0 atom stereocenters. The molecule has 2 nitrogen and oxygen atoms in total. The van der Waals surface area contributed by atoms with Crippen molar-refractivity contribution < 1.29 is 0 Å². The molecule has 3 heteroatoms. The van der Waals surface area contributed by atoms with E-state index in [4.69, 9.17) is 0 Å². The average Bonchev–Trinajstić information content (AvgIpc) is 2.62. The Morgan fingerprint density at radius 2 is 1.43 bits per heavy atom. The summed E-state index contributed by atoms with van der Waals surface area (Å²) in [6, 6.07) is 26.6. The van der Waals surface area contributed by atoms with Gasteiger partial charge in [-0.3, -0.25) is 4.99 Å². The third-order valence-electron chi connectivity index (χ3n) is 3.41. The lowest BCUT2D eigenvalue weighted by molar-refractivity contribution is 1.45. The van der Waals surface area contributed by atoms with Gasteiger partial charge < -0.3 is 5.32 Å². The predicted octanol–water partition coefficient (Wildman–Crippen LogP) is 5.90. The van der Waals surface area contributed by atoms with Crippen LogP contribution in [0.5, 0.6) is 0 Å². The minimum absolute atomic E-state index is 0.942. The third-order valence-corrected chi connectivity index (χ3v) is 4.15. The van der Waals surface area contributed by atoms with Gasteiger partial charge >= 0.3 is 0 Å². The molecule has 0 saturated heterocycles. The first-order valence-corrected chi connectivity index (χ1v) is 8.66. The van der Waals surface area contributed by atoms with E-state index in [1.807, 2.05) is 60.8 Å². The number of aliphatic imine (C=N–C) groups is 1. The van der Waals surface area contributed by atoms with Crippen molar-refractivity contribution >= 4 is 35.0 Å². The largest absolute Gasteiger partial charge is 0.356 e. The molecule has 0 radical (unpaired) electrons. The van der Waals surface area contributed by atoms with Crippen LogP contribution in [0, 0.1) is 0 Å². The lowest BCUT2D eigenvalue weighted by atomic mass is 10.2. The summed E-state index contributed by atoms with van der Waals surface area (Å²) in [5.74, 6) is 0. The zero-order valence-corrected chi connectivity index (χ0v) is 13.8. The molecule has 0 bridgehead atoms. The highest BCUT2D eigenvalue weighted by molar-refractivity contribution is 7.98. The fourth-order valence-corrected chi connectivity index (χ4v) is 2.57. The van der Waals surface area contributed by atoms with Crippen LogP contribution in [-0.2, 0) is 0 Å². The second kappa shape index (κ2) is 7.65. The summed E-state index contributed by atoms with van der Waals surface area (Å²) in [5, 5.41) is 3.36. The minimum Gasteiger partial charge on any atom is -0.356 e. The molecule has 0 heterocycles. The molecule has 3 aromatic carbocycles. The Hall–Kier alpha value is -2.52. The molecule has 0 aromatic heterocycles. The molecular weight excluding hydrogens is 300 g/mol. The van der Waals surface area contributed by atoms with Crippen LogP contribution < -0.4 is 5.32 Å². The minimum atomic E-state index is 0.942. The first-order chi connectivity index (χ1) is 11.3. The van der Waals surface area contributed by atoms with E-state index in [-0.39, 0.29) is 0 Å². The van der Waals surface area contributed by atoms with Crippen LogP contribution in [0.1, 0.15) is 5.56 Å². The zero-order chi connectivity index (χ0) is 15.9. The quantitative estimate of drug-likeness (QED) is 0.467. The number of nitrogens with one attached hydrogen (secondary N) is 1. The summed E-state index contributed by atoms with van der Waals surface area (Å²) < 4.78 is 0. The molecule has 0 saturated carbocycles. The second-order valence-electron chi connectivity index (χ2n) is 5.07. The van der Waals surface area contributed by atoms with Gasteiger partial charge in [-0.25, -0.2) is 0 Å². The number of thioether (sulfide) groups is 1. The van der Waals surface area contributed by atoms with Gasteiger partial charge in [0.1, 0.15) is 0 Å². The standard InChI is InChI=1S/C20H18N2S/c1-23-20-13-7-16(8-14-20)15-21-17-9-11-19(12-10-17)22-18-5-3-2-4-6-18/h2-15,22H,1H3. The van der Waals surface area contributed by atoms with Crippen molar-refractivity contribution in [2.45, 2.75) is 4.90 Å². The number of rotatable bonds is 5. The molecule has 1 N–H and O–H groups in total. The molecule has 0 spiro atoms. The van der Waals surface area contributed by atoms with Crippen molar-refractivity contribution in [2.75, 3.05) is 11.6 Å². The van der Waals surface area contributed by atoms with Crippen molar-refractivity contribution in [1.82, 2.24) is 0 Å². The van der Waals surface area contributed by atoms with Gasteiger partial charge in [-0.2, -0.15) is 0 Å². The van der Waals surface area contributed by atoms with Gasteiger partial charge in [0.05, 0.1) is 5.69 Å². The van der Waals surface area contributed by atoms with Crippen LogP contribution in [0.15, 0.2) is 88.8 Å². The highest BCUT2D eigenvalue weighted by atomic mass is 32.2. The van der Waals surface area contributed by atoms with E-state index < -0.39 is 0 Å². The maximum atomic E-state index is 4.52. The monoisotopic (exact) mass is 318 g/mol. The fraction of sp³-hybridized carbons (Fsp3) is 0.0500. The Morgan fingerprint density at radius 3 is 2.09 bits per heavy atom. The SMILES string of the molecule is CSc1ccc(C=Nc2ccc(Nc3ccccc3)cc2)cc1. The van der Waals surface area contributed by atoms with Crippen LogP contribution in [0.25, 0.3) is 0 Å². The number of hydrogen-bond acceptors (Lipinski definition) is 3. The normalized spacial score (nSPS) is 10.8. The van der Waals surface area contributed by atoms with E-state index in [0.717, 1.165) is 22.6 Å². The van der Waals surface area contributed by atoms with E-state index in [0.29, 0.717) is 0 Å². The summed E-state index contributed by atoms with van der Waals surface area (Å²) in [6.07, 6.45) is 3.97. The van der Waals surface area contributed by atoms with Crippen LogP contribution in [-0.4, -0.2) is 12.5 Å². The molecule has 3 rings (SSSR count). The van der Waals surface area contributed by atoms with Gasteiger partial charge in [0, 0.05) is 22.5 Å². The summed E-state index contributed by atoms with van der Waals surface area (Å²) in [5.41, 5.74) is 4.18. The van der Waals surface area contributed by atoms with Crippen molar-refractivity contribution in [1.29, 1.82) is 0 Å². The molecule has 3 aromatic rings. The summed E-state index contributed by atoms with van der Waals surface area (Å²) in [6.45, 7) is 0. The molecule has 0 aliphatic rings. The van der Waals surface area contributed by atoms with E-state index in [1.54, 1.807) is 11.8 Å². The van der Waals surface area contributed by atoms with E-state index in [2.05, 4.69) is 40.8 Å². The Bertz CT molecular complexity index is 763. The highest BCUT2D eigenvalue weighted by Crippen LogP contribution is 2.20. The topological polar surface area (TPSA) is 24.4 Å². The Kier molecular flexibility index (Phi) is 5.12. The number of para-hydroxylation sites is 1. The van der Waals surface area contributed by atoms with E-state index >= 15 is 0 Å². The second-order valence-corrected chi connectivity index (χ2v) is 5.95. The fourth-order valence-electron chi connectivity index (χ4n) is 2.16. The number of nitrogens with zero attached hydrogens (tertiary/aromatic N) is 1. The number of benzene rings is 3. The van der Waals surface area contributed by atoms with E-state index in [9.17, 15) is 0 Å². The summed E-state index contributed by atoms with van der Waals surface area (Å²) in [4.78, 5) is 5.78. The van der Waals surface area contributed by atoms with Crippen LogP contribution in [0.3, 0.4) is 0 Å². The van der Waals surface area contributed by atoms with Crippen LogP contribution >= 0.6 is 11.8 Å². The van der Waals surface area contributed by atoms with E-state index in [1.165, 1.54) is 4.90 Å². The number of anilines is 2. The predicted molar refractivity (Wildman–Crippen MR) is 102 cm³/mol. The third kappa shape index (κ3) is 4.47. The molecule has 0 fully saturated rings. The Morgan fingerprint density at radius 1 is 0.783 bits per heavy atom. The lowest BCUT2D eigenvalue weighted by Crippen LogP contribution is -1.88. The van der Waals surface area contributed by atoms with Gasteiger partial charge in [0.15, 0.2) is 0 Å². The van der Waals surface area contributed by atoms with Crippen LogP contribution in [0.2, 0.25) is 0 Å². The van der Waals surface area contributed by atoms with Crippen molar-refractivity contribution in [3.05, 3.63) is 84.4 Å². The van der Waals surface area contributed by atoms with Gasteiger partial charge in [-0.1, -0.05) is 30.3 Å². The van der Waals surface area contributed by atoms with Crippen molar-refractivity contribution in [2.24, 2.45) is 4.99 Å². The lowest BCUT2D eigenvalue weighted by Gasteiger charge is -2.06. The molecular formula is C20H18N2S. The van der Waals surface area contributed by atoms with Crippen molar-refractivity contribution in [3.8, 4) is 0 Å². The molecule has 23 heavy (non-hydrogen) atoms. The molecule has 0 aliphatic heterocycles. The Balaban J connectivity index is 1.65. The van der Waals surface area contributed by atoms with Crippen LogP contribution in [0.4, 0.5) is 17.1 Å². The van der Waals surface area contributed by atoms with Gasteiger partial charge in [0.2, 0.25) is 0 Å². The first-order valence-electron chi connectivity index (χ1n) is 7.44. The zero-order valence-electron chi connectivity index (χ0n) is 12.9. The molecule has 114 valence electrons. The Labute approximate surface area is 141 Å². The van der Waals surface area contributed by atoms with Gasteiger partial charge in [0.25, 0.3) is 0 Å². The van der Waals surface area contributed by atoms with Gasteiger partial charge in [-0.15, -0.1) is 11.8 Å². The summed E-state index contributed by atoms with van der Waals surface area (Å²) in [7, 11) is 0. The van der Waals surface area contributed by atoms with Crippen molar-refractivity contribution in [3.63, 3.8) is 0 Å². The molecule has 0 amide bonds. The highest BCUT2D eigenvalue weighted by Gasteiger charge is 1.95. The van der Waals surface area contributed by atoms with Gasteiger partial charge in [-0.05, 0) is 60.4 Å². The first kappa shape index (κ1) is 15.4. The number of hydrogen-bond donors (Lipinski definition) is 1. The summed E-state index contributed by atoms with van der Waals surface area (Å²) >= 11 is 1.74. The molecule has 0 aliphatic carbocycles. The smallest absolute Gasteiger partial charge is 0.0631 e. The maximum absolute atomic E-state index is 4.52. The molecule has 0 unspecified atom stereocenters.